The van der Waals surface area contributed by atoms with Gasteiger partial charge in [0.2, 0.25) is 5.91 Å². The van der Waals surface area contributed by atoms with Crippen molar-refractivity contribution in [3.05, 3.63) is 60.8 Å². The van der Waals surface area contributed by atoms with Gasteiger partial charge in [-0.2, -0.15) is 0 Å². The fourth-order valence-corrected chi connectivity index (χ4v) is 11.5. The van der Waals surface area contributed by atoms with Gasteiger partial charge in [0, 0.05) is 12.8 Å². The number of hydrogen-bond acceptors (Lipinski definition) is 10. The Morgan fingerprint density at radius 3 is 1.24 bits per heavy atom. The van der Waals surface area contributed by atoms with Gasteiger partial charge in [-0.3, -0.25) is 9.59 Å². The molecule has 0 saturated carbocycles. The summed E-state index contributed by atoms with van der Waals surface area (Å²) < 4.78 is 16.7. The highest BCUT2D eigenvalue weighted by atomic mass is 16.7. The van der Waals surface area contributed by atoms with Gasteiger partial charge in [-0.05, 0) is 83.5 Å². The molecule has 0 aromatic heterocycles. The number of hydrogen-bond donors (Lipinski definition) is 6. The molecular formula is C76H139NO10. The second-order valence-corrected chi connectivity index (χ2v) is 25.6. The molecule has 0 aromatic carbocycles. The van der Waals surface area contributed by atoms with Crippen molar-refractivity contribution in [1.82, 2.24) is 5.32 Å². The first-order valence-electron chi connectivity index (χ1n) is 37.1. The fraction of sp³-hybridized carbons (Fsp3) is 0.842. The molecular weight excluding hydrogens is 1090 g/mol. The third-order valence-electron chi connectivity index (χ3n) is 17.3. The number of unbranched alkanes of at least 4 members (excludes halogenated alkanes) is 43. The number of esters is 1. The molecule has 1 rings (SSSR count). The Labute approximate surface area is 535 Å². The van der Waals surface area contributed by atoms with Crippen LogP contribution in [0.1, 0.15) is 348 Å². The van der Waals surface area contributed by atoms with Crippen LogP contribution in [-0.4, -0.2) is 100 Å². The number of carbonyl (C=O) groups is 2. The monoisotopic (exact) mass is 1230 g/mol. The Morgan fingerprint density at radius 1 is 0.425 bits per heavy atom. The normalized spacial score (nSPS) is 18.2. The molecule has 1 aliphatic rings. The maximum atomic E-state index is 13.1. The summed E-state index contributed by atoms with van der Waals surface area (Å²) in [5.41, 5.74) is 0. The SMILES string of the molecule is CCCC/C=C/CC/C=C/CC/C=C/C(O)C(COC1OC(CO)C(O)C(O)C1O)NC(=O)CCCCCCCCCCCCCCCCCCC/C=C\C/C=C\CCCCCCCCCCCCCOC(=O)CCCCCCCCCCCCCC. The Hall–Kier alpha value is -2.64. The van der Waals surface area contributed by atoms with Crippen LogP contribution in [0.4, 0.5) is 0 Å². The summed E-state index contributed by atoms with van der Waals surface area (Å²) in [6.45, 7) is 4.30. The highest BCUT2D eigenvalue weighted by Crippen LogP contribution is 2.23. The standard InChI is InChI=1S/C76H139NO10/c1-3-5-7-9-11-13-15-42-46-50-54-58-62-69(79)68(67-86-76-75(84)74(83)73(82)70(66-78)87-76)77-71(80)63-59-55-51-47-43-40-38-36-34-32-30-28-26-24-22-20-18-17-19-21-23-25-27-29-31-33-35-37-39-41-45-49-53-57-61-65-85-72(81)64-60-56-52-48-44-16-14-12-10-8-6-4-2/h9,11,19,21,25,27,42,46,58,62,68-70,73-76,78-79,82-84H,3-8,10,12-18,20,22-24,26,28-41,43-45,47-57,59-61,63-67H2,1-2H3,(H,77,80)/b11-9+,21-19-,27-25-,46-42+,62-58+. The second kappa shape index (κ2) is 64.9. The fourth-order valence-electron chi connectivity index (χ4n) is 11.5. The minimum Gasteiger partial charge on any atom is -0.466 e. The maximum absolute atomic E-state index is 13.1. The van der Waals surface area contributed by atoms with Crippen LogP contribution in [0.25, 0.3) is 0 Å². The Bertz CT molecular complexity index is 1630. The second-order valence-electron chi connectivity index (χ2n) is 25.6. The summed E-state index contributed by atoms with van der Waals surface area (Å²) in [7, 11) is 0. The van der Waals surface area contributed by atoms with Gasteiger partial charge in [0.25, 0.3) is 0 Å². The van der Waals surface area contributed by atoms with Gasteiger partial charge in [-0.1, -0.05) is 312 Å². The number of amides is 1. The highest BCUT2D eigenvalue weighted by molar-refractivity contribution is 5.76. The van der Waals surface area contributed by atoms with E-state index in [1.54, 1.807) is 6.08 Å². The van der Waals surface area contributed by atoms with Crippen LogP contribution < -0.4 is 5.32 Å². The van der Waals surface area contributed by atoms with Crippen LogP contribution in [0, 0.1) is 0 Å². The van der Waals surface area contributed by atoms with Crippen LogP contribution in [0.2, 0.25) is 0 Å². The summed E-state index contributed by atoms with van der Waals surface area (Å²) >= 11 is 0. The summed E-state index contributed by atoms with van der Waals surface area (Å²) in [4.78, 5) is 25.1. The molecule has 1 aliphatic heterocycles. The highest BCUT2D eigenvalue weighted by Gasteiger charge is 2.44. The van der Waals surface area contributed by atoms with Gasteiger partial charge < -0.3 is 45.1 Å². The molecule has 1 amide bonds. The Kier molecular flexibility index (Phi) is 61.4. The van der Waals surface area contributed by atoms with Crippen molar-refractivity contribution in [3.63, 3.8) is 0 Å². The van der Waals surface area contributed by atoms with E-state index in [1.165, 1.54) is 250 Å². The molecule has 87 heavy (non-hydrogen) atoms. The largest absolute Gasteiger partial charge is 0.466 e. The van der Waals surface area contributed by atoms with Crippen molar-refractivity contribution < 1.29 is 49.3 Å². The number of rotatable bonds is 65. The first-order valence-corrected chi connectivity index (χ1v) is 37.1. The minimum atomic E-state index is -1.58. The predicted octanol–water partition coefficient (Wildman–Crippen LogP) is 19.3. The van der Waals surface area contributed by atoms with E-state index in [0.717, 1.165) is 70.6 Å². The molecule has 1 saturated heterocycles. The van der Waals surface area contributed by atoms with Crippen molar-refractivity contribution in [2.45, 2.75) is 391 Å². The number of aliphatic hydroxyl groups is 5. The van der Waals surface area contributed by atoms with Crippen molar-refractivity contribution in [2.75, 3.05) is 19.8 Å². The molecule has 1 heterocycles. The zero-order valence-corrected chi connectivity index (χ0v) is 56.5. The lowest BCUT2D eigenvalue weighted by Gasteiger charge is -2.40. The summed E-state index contributed by atoms with van der Waals surface area (Å²) in [5.74, 6) is -0.184. The van der Waals surface area contributed by atoms with E-state index in [1.807, 2.05) is 6.08 Å². The first kappa shape index (κ1) is 82.4. The predicted molar refractivity (Wildman–Crippen MR) is 366 cm³/mol. The van der Waals surface area contributed by atoms with Crippen LogP contribution in [0.15, 0.2) is 60.8 Å². The quantitative estimate of drug-likeness (QED) is 0.0195. The van der Waals surface area contributed by atoms with E-state index in [4.69, 9.17) is 14.2 Å². The third-order valence-corrected chi connectivity index (χ3v) is 17.3. The lowest BCUT2D eigenvalue weighted by Crippen LogP contribution is -2.60. The Balaban J connectivity index is 1.94. The smallest absolute Gasteiger partial charge is 0.305 e. The number of nitrogens with one attached hydrogen (secondary N) is 1. The van der Waals surface area contributed by atoms with Gasteiger partial charge in [-0.15, -0.1) is 0 Å². The molecule has 11 nitrogen and oxygen atoms in total. The van der Waals surface area contributed by atoms with Crippen LogP contribution in [0.5, 0.6) is 0 Å². The molecule has 0 aliphatic carbocycles. The molecule has 7 atom stereocenters. The minimum absolute atomic E-state index is 0.0104. The third kappa shape index (κ3) is 53.7. The van der Waals surface area contributed by atoms with E-state index in [0.29, 0.717) is 19.4 Å². The topological polar surface area (TPSA) is 175 Å². The molecule has 7 unspecified atom stereocenters. The number of aliphatic hydroxyl groups excluding tert-OH is 5. The number of allylic oxidation sites excluding steroid dienone is 9. The molecule has 0 bridgehead atoms. The van der Waals surface area contributed by atoms with Crippen LogP contribution in [-0.2, 0) is 23.8 Å². The van der Waals surface area contributed by atoms with Gasteiger partial charge in [0.15, 0.2) is 6.29 Å². The first-order chi connectivity index (χ1) is 42.7. The van der Waals surface area contributed by atoms with Crippen molar-refractivity contribution in [3.8, 4) is 0 Å². The van der Waals surface area contributed by atoms with E-state index in [2.05, 4.69) is 67.8 Å². The van der Waals surface area contributed by atoms with E-state index >= 15 is 0 Å². The van der Waals surface area contributed by atoms with E-state index < -0.39 is 49.5 Å². The lowest BCUT2D eigenvalue weighted by atomic mass is 9.99. The molecule has 0 radical (unpaired) electrons. The van der Waals surface area contributed by atoms with Crippen LogP contribution >= 0.6 is 0 Å². The molecule has 11 heteroatoms. The molecule has 6 N–H and O–H groups in total. The zero-order chi connectivity index (χ0) is 63.0. The van der Waals surface area contributed by atoms with Gasteiger partial charge in [0.1, 0.15) is 24.4 Å². The van der Waals surface area contributed by atoms with Crippen molar-refractivity contribution in [2.24, 2.45) is 0 Å². The summed E-state index contributed by atoms with van der Waals surface area (Å²) in [6, 6.07) is -0.833. The average molecular weight is 1230 g/mol. The zero-order valence-electron chi connectivity index (χ0n) is 56.5. The van der Waals surface area contributed by atoms with E-state index in [9.17, 15) is 35.1 Å². The number of ether oxygens (including phenoxy) is 3. The van der Waals surface area contributed by atoms with Crippen molar-refractivity contribution in [1.29, 1.82) is 0 Å². The maximum Gasteiger partial charge on any atom is 0.305 e. The average Bonchev–Trinajstić information content (AvgIpc) is 1.87. The number of carbonyl (C=O) groups excluding carboxylic acids is 2. The molecule has 0 aromatic rings. The molecule has 0 spiro atoms. The summed E-state index contributed by atoms with van der Waals surface area (Å²) in [5, 5.41) is 54.4. The Morgan fingerprint density at radius 2 is 0.793 bits per heavy atom. The summed E-state index contributed by atoms with van der Waals surface area (Å²) in [6.07, 6.45) is 76.7. The van der Waals surface area contributed by atoms with Crippen LogP contribution in [0.3, 0.4) is 0 Å². The van der Waals surface area contributed by atoms with E-state index in [-0.39, 0.29) is 18.5 Å². The van der Waals surface area contributed by atoms with Crippen molar-refractivity contribution >= 4 is 11.9 Å². The van der Waals surface area contributed by atoms with Gasteiger partial charge in [0.05, 0.1) is 32.0 Å². The lowest BCUT2D eigenvalue weighted by molar-refractivity contribution is -0.302. The molecule has 1 fully saturated rings. The van der Waals surface area contributed by atoms with Gasteiger partial charge >= 0.3 is 5.97 Å². The van der Waals surface area contributed by atoms with Gasteiger partial charge in [-0.25, -0.2) is 0 Å². The molecule has 508 valence electrons.